The monoisotopic (exact) mass is 273 g/mol. The minimum absolute atomic E-state index is 0.246. The third-order valence-electron chi connectivity index (χ3n) is 4.84. The van der Waals surface area contributed by atoms with Gasteiger partial charge in [0.1, 0.15) is 6.04 Å². The number of piperidine rings is 1. The van der Waals surface area contributed by atoms with E-state index in [1.807, 2.05) is 0 Å². The number of hydrogen-bond acceptors (Lipinski definition) is 2. The normalized spacial score (nSPS) is 26.4. The van der Waals surface area contributed by atoms with Crippen LogP contribution in [0.25, 0.3) is 0 Å². The number of aryl methyl sites for hydroxylation is 2. The summed E-state index contributed by atoms with van der Waals surface area (Å²) >= 11 is 0. The standard InChI is InChI=1S/C17H23NO2/c1-12-4-3-9-18(16(12)17(19)20)11-13-7-8-14-5-2-6-15(14)10-13/h7-8,10,12,16H,2-6,9,11H2,1H3,(H,19,20). The molecule has 1 aromatic rings. The van der Waals surface area contributed by atoms with Crippen molar-refractivity contribution in [3.8, 4) is 0 Å². The fourth-order valence-electron chi connectivity index (χ4n) is 3.81. The molecule has 108 valence electrons. The Balaban J connectivity index is 1.77. The molecular formula is C17H23NO2. The Labute approximate surface area is 120 Å². The van der Waals surface area contributed by atoms with Crippen molar-refractivity contribution in [3.05, 3.63) is 34.9 Å². The molecule has 1 heterocycles. The van der Waals surface area contributed by atoms with Gasteiger partial charge in [-0.05, 0) is 61.3 Å². The summed E-state index contributed by atoms with van der Waals surface area (Å²) in [4.78, 5) is 13.7. The number of rotatable bonds is 3. The van der Waals surface area contributed by atoms with E-state index in [2.05, 4.69) is 30.0 Å². The van der Waals surface area contributed by atoms with E-state index in [0.717, 1.165) is 25.9 Å². The third-order valence-corrected chi connectivity index (χ3v) is 4.84. The lowest BCUT2D eigenvalue weighted by atomic mass is 9.90. The molecule has 2 aliphatic rings. The van der Waals surface area contributed by atoms with Gasteiger partial charge in [-0.3, -0.25) is 9.69 Å². The fourth-order valence-corrected chi connectivity index (χ4v) is 3.81. The Hall–Kier alpha value is -1.35. The zero-order valence-corrected chi connectivity index (χ0v) is 12.1. The summed E-state index contributed by atoms with van der Waals surface area (Å²) in [7, 11) is 0. The Kier molecular flexibility index (Phi) is 3.79. The van der Waals surface area contributed by atoms with Crippen molar-refractivity contribution in [2.24, 2.45) is 5.92 Å². The second-order valence-electron chi connectivity index (χ2n) is 6.33. The first-order chi connectivity index (χ1) is 9.65. The number of likely N-dealkylation sites (tertiary alicyclic amines) is 1. The predicted molar refractivity (Wildman–Crippen MR) is 78.7 cm³/mol. The topological polar surface area (TPSA) is 40.5 Å². The molecule has 1 N–H and O–H groups in total. The first kappa shape index (κ1) is 13.6. The summed E-state index contributed by atoms with van der Waals surface area (Å²) in [5, 5.41) is 9.47. The molecule has 2 atom stereocenters. The molecule has 1 saturated heterocycles. The number of benzene rings is 1. The molecule has 3 nitrogen and oxygen atoms in total. The van der Waals surface area contributed by atoms with Crippen LogP contribution in [0.2, 0.25) is 0 Å². The van der Waals surface area contributed by atoms with Crippen LogP contribution in [0.4, 0.5) is 0 Å². The first-order valence-corrected chi connectivity index (χ1v) is 7.72. The fraction of sp³-hybridized carbons (Fsp3) is 0.588. The van der Waals surface area contributed by atoms with Gasteiger partial charge in [-0.2, -0.15) is 0 Å². The molecule has 0 saturated carbocycles. The lowest BCUT2D eigenvalue weighted by Crippen LogP contribution is -2.48. The van der Waals surface area contributed by atoms with Gasteiger partial charge in [0.15, 0.2) is 0 Å². The molecule has 1 aliphatic carbocycles. The molecule has 0 aromatic heterocycles. The van der Waals surface area contributed by atoms with Crippen molar-refractivity contribution in [1.82, 2.24) is 4.90 Å². The predicted octanol–water partition coefficient (Wildman–Crippen LogP) is 2.86. The number of aliphatic carboxylic acids is 1. The van der Waals surface area contributed by atoms with Crippen molar-refractivity contribution in [2.75, 3.05) is 6.54 Å². The quantitative estimate of drug-likeness (QED) is 0.920. The van der Waals surface area contributed by atoms with Crippen LogP contribution in [0, 0.1) is 5.92 Å². The highest BCUT2D eigenvalue weighted by Gasteiger charge is 2.34. The highest BCUT2D eigenvalue weighted by atomic mass is 16.4. The van der Waals surface area contributed by atoms with Crippen LogP contribution in [0.5, 0.6) is 0 Å². The highest BCUT2D eigenvalue weighted by molar-refractivity contribution is 5.74. The van der Waals surface area contributed by atoms with Gasteiger partial charge in [0.2, 0.25) is 0 Å². The molecule has 1 aliphatic heterocycles. The molecule has 0 radical (unpaired) electrons. The average Bonchev–Trinajstić information content (AvgIpc) is 2.85. The van der Waals surface area contributed by atoms with E-state index in [4.69, 9.17) is 0 Å². The Morgan fingerprint density at radius 3 is 2.90 bits per heavy atom. The van der Waals surface area contributed by atoms with Crippen LogP contribution in [0.3, 0.4) is 0 Å². The summed E-state index contributed by atoms with van der Waals surface area (Å²) in [5.41, 5.74) is 4.22. The smallest absolute Gasteiger partial charge is 0.321 e. The van der Waals surface area contributed by atoms with Gasteiger partial charge in [-0.25, -0.2) is 0 Å². The van der Waals surface area contributed by atoms with Gasteiger partial charge in [-0.1, -0.05) is 25.1 Å². The van der Waals surface area contributed by atoms with E-state index < -0.39 is 5.97 Å². The lowest BCUT2D eigenvalue weighted by Gasteiger charge is -2.37. The number of carboxylic acid groups (broad SMARTS) is 1. The second-order valence-corrected chi connectivity index (χ2v) is 6.33. The molecule has 20 heavy (non-hydrogen) atoms. The minimum atomic E-state index is -0.668. The van der Waals surface area contributed by atoms with E-state index in [1.54, 1.807) is 0 Å². The van der Waals surface area contributed by atoms with Crippen molar-refractivity contribution in [2.45, 2.75) is 51.6 Å². The zero-order valence-electron chi connectivity index (χ0n) is 12.1. The van der Waals surface area contributed by atoms with Gasteiger partial charge >= 0.3 is 5.97 Å². The molecule has 0 spiro atoms. The molecule has 0 bridgehead atoms. The molecular weight excluding hydrogens is 250 g/mol. The number of fused-ring (bicyclic) bond motifs is 1. The van der Waals surface area contributed by atoms with E-state index in [1.165, 1.54) is 36.0 Å². The van der Waals surface area contributed by atoms with Crippen LogP contribution in [-0.4, -0.2) is 28.6 Å². The van der Waals surface area contributed by atoms with Crippen LogP contribution in [-0.2, 0) is 24.2 Å². The molecule has 1 aromatic carbocycles. The number of carbonyl (C=O) groups is 1. The number of hydrogen-bond donors (Lipinski definition) is 1. The third kappa shape index (κ3) is 2.59. The maximum Gasteiger partial charge on any atom is 0.321 e. The van der Waals surface area contributed by atoms with Gasteiger partial charge in [0.25, 0.3) is 0 Å². The first-order valence-electron chi connectivity index (χ1n) is 7.72. The van der Waals surface area contributed by atoms with Crippen LogP contribution < -0.4 is 0 Å². The molecule has 3 heteroatoms. The number of carboxylic acids is 1. The highest BCUT2D eigenvalue weighted by Crippen LogP contribution is 2.27. The van der Waals surface area contributed by atoms with E-state index in [9.17, 15) is 9.90 Å². The van der Waals surface area contributed by atoms with Crippen LogP contribution in [0.1, 0.15) is 42.9 Å². The number of nitrogens with zero attached hydrogens (tertiary/aromatic N) is 1. The second kappa shape index (κ2) is 5.57. The maximum absolute atomic E-state index is 11.5. The molecule has 1 fully saturated rings. The average molecular weight is 273 g/mol. The Morgan fingerprint density at radius 1 is 1.30 bits per heavy atom. The Morgan fingerprint density at radius 2 is 2.10 bits per heavy atom. The van der Waals surface area contributed by atoms with Gasteiger partial charge in [-0.15, -0.1) is 0 Å². The summed E-state index contributed by atoms with van der Waals surface area (Å²) in [6, 6.07) is 6.39. The summed E-state index contributed by atoms with van der Waals surface area (Å²) in [5.74, 6) is -0.422. The van der Waals surface area contributed by atoms with Gasteiger partial charge < -0.3 is 5.11 Å². The molecule has 2 unspecified atom stereocenters. The van der Waals surface area contributed by atoms with E-state index >= 15 is 0 Å². The van der Waals surface area contributed by atoms with E-state index in [-0.39, 0.29) is 12.0 Å². The van der Waals surface area contributed by atoms with Crippen molar-refractivity contribution >= 4 is 5.97 Å². The van der Waals surface area contributed by atoms with Crippen LogP contribution in [0.15, 0.2) is 18.2 Å². The maximum atomic E-state index is 11.5. The summed E-state index contributed by atoms with van der Waals surface area (Å²) in [6.07, 6.45) is 5.78. The van der Waals surface area contributed by atoms with Gasteiger partial charge in [0, 0.05) is 6.54 Å². The molecule has 0 amide bonds. The van der Waals surface area contributed by atoms with E-state index in [0.29, 0.717) is 0 Å². The van der Waals surface area contributed by atoms with Crippen molar-refractivity contribution in [3.63, 3.8) is 0 Å². The Bertz CT molecular complexity index is 512. The summed E-state index contributed by atoms with van der Waals surface area (Å²) in [6.45, 7) is 3.74. The molecule has 3 rings (SSSR count). The van der Waals surface area contributed by atoms with Gasteiger partial charge in [0.05, 0.1) is 0 Å². The minimum Gasteiger partial charge on any atom is -0.480 e. The summed E-state index contributed by atoms with van der Waals surface area (Å²) < 4.78 is 0. The largest absolute Gasteiger partial charge is 0.480 e. The van der Waals surface area contributed by atoms with Crippen molar-refractivity contribution < 1.29 is 9.90 Å². The zero-order chi connectivity index (χ0) is 14.1. The van der Waals surface area contributed by atoms with Crippen LogP contribution >= 0.6 is 0 Å². The SMILES string of the molecule is CC1CCCN(Cc2ccc3c(c2)CCC3)C1C(=O)O. The van der Waals surface area contributed by atoms with Crippen molar-refractivity contribution in [1.29, 1.82) is 0 Å². The lowest BCUT2D eigenvalue weighted by molar-refractivity contribution is -0.147.